The van der Waals surface area contributed by atoms with Crippen LogP contribution < -0.4 is 5.16 Å². The van der Waals surface area contributed by atoms with Crippen LogP contribution >= 0.6 is 12.0 Å². The molecule has 1 N–H and O–H groups in total. The van der Waals surface area contributed by atoms with Gasteiger partial charge in [-0.15, -0.1) is 0 Å². The third-order valence-electron chi connectivity index (χ3n) is 0.830. The van der Waals surface area contributed by atoms with Crippen molar-refractivity contribution >= 4 is 17.8 Å². The summed E-state index contributed by atoms with van der Waals surface area (Å²) in [6.07, 6.45) is 2.89. The summed E-state index contributed by atoms with van der Waals surface area (Å²) in [5, 5.41) is 2.76. The lowest BCUT2D eigenvalue weighted by atomic mass is 10.3. The van der Waals surface area contributed by atoms with Gasteiger partial charge in [-0.2, -0.15) is 0 Å². The molecule has 8 heavy (non-hydrogen) atoms. The van der Waals surface area contributed by atoms with Crippen molar-refractivity contribution < 1.29 is 9.44 Å². The molecule has 0 heterocycles. The third-order valence-corrected chi connectivity index (χ3v) is 1.08. The van der Waals surface area contributed by atoms with Crippen molar-refractivity contribution in [1.29, 1.82) is 0 Å². The van der Waals surface area contributed by atoms with Gasteiger partial charge in [0, 0.05) is 19.6 Å². The van der Waals surface area contributed by atoms with Crippen LogP contribution in [0.2, 0.25) is 0 Å². The summed E-state index contributed by atoms with van der Waals surface area (Å²) in [6.45, 7) is 4.07. The van der Waals surface area contributed by atoms with Gasteiger partial charge in [-0.05, 0) is 5.16 Å². The van der Waals surface area contributed by atoms with Crippen LogP contribution in [0.1, 0.15) is 20.3 Å². The van der Waals surface area contributed by atoms with Gasteiger partial charge in [0.15, 0.2) is 5.71 Å². The molecule has 0 atom stereocenters. The van der Waals surface area contributed by atoms with Crippen molar-refractivity contribution in [3.63, 3.8) is 0 Å². The van der Waals surface area contributed by atoms with Crippen molar-refractivity contribution in [1.82, 2.24) is 0 Å². The first-order valence-corrected chi connectivity index (χ1v) is 3.74. The molecule has 0 aromatic rings. The first-order chi connectivity index (χ1) is 3.81. The Bertz CT molecular complexity index is 82.5. The van der Waals surface area contributed by atoms with Crippen LogP contribution in [0.15, 0.2) is 0 Å². The first kappa shape index (κ1) is 7.82. The standard InChI is InChI=1S/C5H11NOS/c1-4-5(2)6-7-8-3/h4H2,1-3H3/p+1/b6-5-. The van der Waals surface area contributed by atoms with Crippen molar-refractivity contribution in [2.75, 3.05) is 6.26 Å². The molecule has 3 heteroatoms. The summed E-state index contributed by atoms with van der Waals surface area (Å²) in [6, 6.07) is 0. The van der Waals surface area contributed by atoms with Crippen LogP contribution in [0.4, 0.5) is 0 Å². The summed E-state index contributed by atoms with van der Waals surface area (Å²) >= 11 is 1.31. The van der Waals surface area contributed by atoms with Gasteiger partial charge in [0.2, 0.25) is 0 Å². The lowest BCUT2D eigenvalue weighted by Crippen LogP contribution is -2.69. The van der Waals surface area contributed by atoms with E-state index in [4.69, 9.17) is 4.28 Å². The van der Waals surface area contributed by atoms with Crippen LogP contribution in [0.5, 0.6) is 0 Å². The van der Waals surface area contributed by atoms with E-state index >= 15 is 0 Å². The van der Waals surface area contributed by atoms with Gasteiger partial charge in [-0.1, -0.05) is 6.92 Å². The maximum atomic E-state index is 4.82. The molecule has 0 amide bonds. The highest BCUT2D eigenvalue weighted by Crippen LogP contribution is 1.81. The van der Waals surface area contributed by atoms with Crippen LogP contribution in [0.3, 0.4) is 0 Å². The van der Waals surface area contributed by atoms with Gasteiger partial charge >= 0.3 is 0 Å². The van der Waals surface area contributed by atoms with E-state index in [-0.39, 0.29) is 0 Å². The maximum absolute atomic E-state index is 4.82. The van der Waals surface area contributed by atoms with E-state index in [0.29, 0.717) is 0 Å². The van der Waals surface area contributed by atoms with Gasteiger partial charge in [0.25, 0.3) is 0 Å². The molecule has 0 aromatic heterocycles. The van der Waals surface area contributed by atoms with Gasteiger partial charge in [-0.3, -0.25) is 0 Å². The summed E-state index contributed by atoms with van der Waals surface area (Å²) in [7, 11) is 0. The molecule has 0 unspecified atom stereocenters. The smallest absolute Gasteiger partial charge is 0.200 e. The fourth-order valence-electron chi connectivity index (χ4n) is 0.185. The third kappa shape index (κ3) is 3.99. The molecule has 0 radical (unpaired) electrons. The topological polar surface area (TPSA) is 23.2 Å². The highest BCUT2D eigenvalue weighted by Gasteiger charge is 1.90. The van der Waals surface area contributed by atoms with E-state index < -0.39 is 0 Å². The predicted molar refractivity (Wildman–Crippen MR) is 36.5 cm³/mol. The molecule has 0 saturated heterocycles. The van der Waals surface area contributed by atoms with Crippen LogP contribution in [0, 0.1) is 0 Å². The number of rotatable bonds is 3. The maximum Gasteiger partial charge on any atom is 0.200 e. The minimum atomic E-state index is 1.01. The van der Waals surface area contributed by atoms with Gasteiger partial charge in [-0.25, -0.2) is 4.28 Å². The molecule has 0 aliphatic heterocycles. The Kier molecular flexibility index (Phi) is 4.85. The van der Waals surface area contributed by atoms with Crippen LogP contribution in [-0.2, 0) is 4.28 Å². The Morgan fingerprint density at radius 2 is 2.38 bits per heavy atom. The summed E-state index contributed by atoms with van der Waals surface area (Å²) in [5.41, 5.74) is 1.15. The van der Waals surface area contributed by atoms with Crippen LogP contribution in [0.25, 0.3) is 0 Å². The molecule has 2 nitrogen and oxygen atoms in total. The van der Waals surface area contributed by atoms with E-state index in [1.165, 1.54) is 12.0 Å². The minimum Gasteiger partial charge on any atom is -0.203 e. The molecular weight excluding hydrogens is 122 g/mol. The average molecular weight is 134 g/mol. The van der Waals surface area contributed by atoms with Crippen molar-refractivity contribution in [2.24, 2.45) is 0 Å². The molecule has 0 aliphatic rings. The second kappa shape index (κ2) is 4.97. The monoisotopic (exact) mass is 134 g/mol. The molecule has 0 aromatic carbocycles. The highest BCUT2D eigenvalue weighted by atomic mass is 32.2. The zero-order valence-corrected chi connectivity index (χ0v) is 6.34. The fraction of sp³-hybridized carbons (Fsp3) is 0.800. The molecule has 0 fully saturated rings. The molecule has 0 spiro atoms. The predicted octanol–water partition coefficient (Wildman–Crippen LogP) is 0.148. The SMILES string of the molecule is CC/C(C)=[NH+]\OSC. The second-order valence-corrected chi connectivity index (χ2v) is 1.99. The van der Waals surface area contributed by atoms with E-state index in [9.17, 15) is 0 Å². The van der Waals surface area contributed by atoms with Gasteiger partial charge in [0.1, 0.15) is 12.0 Å². The minimum absolute atomic E-state index is 1.01. The number of hydrogen-bond acceptors (Lipinski definition) is 2. The summed E-state index contributed by atoms with van der Waals surface area (Å²) < 4.78 is 4.82. The molecule has 0 rings (SSSR count). The fourth-order valence-corrected chi connectivity index (χ4v) is 0.411. The average Bonchev–Trinajstić information content (AvgIpc) is 1.83. The Balaban J connectivity index is 3.26. The normalized spacial score (nSPS) is 11.6. The van der Waals surface area contributed by atoms with Gasteiger partial charge < -0.3 is 0 Å². The number of hydrogen-bond donors (Lipinski definition) is 1. The summed E-state index contributed by atoms with van der Waals surface area (Å²) in [4.78, 5) is 0. The summed E-state index contributed by atoms with van der Waals surface area (Å²) in [5.74, 6) is 0. The molecule has 0 aliphatic carbocycles. The largest absolute Gasteiger partial charge is 0.203 e. The molecule has 0 saturated carbocycles. The van der Waals surface area contributed by atoms with Crippen molar-refractivity contribution in [2.45, 2.75) is 20.3 Å². The van der Waals surface area contributed by atoms with E-state index in [1.54, 1.807) is 0 Å². The Labute approximate surface area is 54.5 Å². The molecule has 0 bridgehead atoms. The lowest BCUT2D eigenvalue weighted by molar-refractivity contribution is -0.701. The van der Waals surface area contributed by atoms with Crippen molar-refractivity contribution in [3.8, 4) is 0 Å². The Morgan fingerprint density at radius 1 is 1.75 bits per heavy atom. The zero-order chi connectivity index (χ0) is 6.41. The Morgan fingerprint density at radius 3 is 2.75 bits per heavy atom. The van der Waals surface area contributed by atoms with E-state index in [0.717, 1.165) is 12.1 Å². The molecule has 48 valence electrons. The first-order valence-electron chi connectivity index (χ1n) is 2.59. The zero-order valence-electron chi connectivity index (χ0n) is 5.52. The quantitative estimate of drug-likeness (QED) is 0.337. The Hall–Kier alpha value is -0.180. The van der Waals surface area contributed by atoms with Crippen LogP contribution in [-0.4, -0.2) is 12.0 Å². The van der Waals surface area contributed by atoms with E-state index in [1.807, 2.05) is 13.2 Å². The van der Waals surface area contributed by atoms with Crippen molar-refractivity contribution in [3.05, 3.63) is 0 Å². The second-order valence-electron chi connectivity index (χ2n) is 1.49. The lowest BCUT2D eigenvalue weighted by Gasteiger charge is -1.82. The van der Waals surface area contributed by atoms with E-state index in [2.05, 4.69) is 12.1 Å². The molecular formula is C5H12NOS+. The van der Waals surface area contributed by atoms with Gasteiger partial charge in [0.05, 0.1) is 0 Å². The highest BCUT2D eigenvalue weighted by molar-refractivity contribution is 7.93. The number of nitrogens with one attached hydrogen (secondary N) is 1.